The highest BCUT2D eigenvalue weighted by molar-refractivity contribution is 6.33. The van der Waals surface area contributed by atoms with Gasteiger partial charge in [0.1, 0.15) is 0 Å². The Morgan fingerprint density at radius 3 is 3.00 bits per heavy atom. The number of rotatable bonds is 5. The lowest BCUT2D eigenvalue weighted by Crippen LogP contribution is -2.30. The van der Waals surface area contributed by atoms with Gasteiger partial charge in [0.05, 0.1) is 10.6 Å². The zero-order valence-corrected chi connectivity index (χ0v) is 12.2. The van der Waals surface area contributed by atoms with E-state index in [4.69, 9.17) is 11.6 Å². The van der Waals surface area contributed by atoms with Crippen LogP contribution in [0.1, 0.15) is 35.3 Å². The van der Waals surface area contributed by atoms with Gasteiger partial charge in [-0.1, -0.05) is 11.6 Å². The number of likely N-dealkylation sites (tertiary alicyclic amines) is 1. The summed E-state index contributed by atoms with van der Waals surface area (Å²) in [6.45, 7) is 3.87. The molecule has 2 rings (SSSR count). The average Bonchev–Trinajstić information content (AvgIpc) is 2.80. The van der Waals surface area contributed by atoms with Crippen molar-refractivity contribution >= 4 is 23.4 Å². The third-order valence-electron chi connectivity index (χ3n) is 3.30. The molecular weight excluding hydrogens is 278 g/mol. The van der Waals surface area contributed by atoms with E-state index >= 15 is 0 Å². The number of amides is 2. The maximum Gasteiger partial charge on any atom is 0.254 e. The zero-order chi connectivity index (χ0) is 14.5. The van der Waals surface area contributed by atoms with Crippen LogP contribution in [-0.4, -0.2) is 41.3 Å². The number of aromatic nitrogens is 1. The van der Waals surface area contributed by atoms with Crippen LogP contribution in [0.25, 0.3) is 0 Å². The normalized spacial score (nSPS) is 14.7. The van der Waals surface area contributed by atoms with Crippen molar-refractivity contribution in [2.75, 3.05) is 19.6 Å². The number of halogens is 1. The summed E-state index contributed by atoms with van der Waals surface area (Å²) in [4.78, 5) is 29.2. The number of carbonyl (C=O) groups is 2. The van der Waals surface area contributed by atoms with Crippen molar-refractivity contribution in [1.82, 2.24) is 15.2 Å². The van der Waals surface area contributed by atoms with Crippen LogP contribution in [0.2, 0.25) is 5.02 Å². The fraction of sp³-hybridized carbons (Fsp3) is 0.500. The molecule has 1 aliphatic rings. The highest BCUT2D eigenvalue weighted by Gasteiger charge is 2.19. The molecule has 1 saturated heterocycles. The molecule has 0 aromatic carbocycles. The Bertz CT molecular complexity index is 519. The zero-order valence-electron chi connectivity index (χ0n) is 11.5. The summed E-state index contributed by atoms with van der Waals surface area (Å²) in [6.07, 6.45) is 3.82. The van der Waals surface area contributed by atoms with Gasteiger partial charge in [0.2, 0.25) is 5.91 Å². The Kier molecular flexibility index (Phi) is 4.95. The van der Waals surface area contributed by atoms with E-state index in [-0.39, 0.29) is 11.8 Å². The van der Waals surface area contributed by atoms with Crippen LogP contribution in [-0.2, 0) is 4.79 Å². The molecule has 0 bridgehead atoms. The van der Waals surface area contributed by atoms with Crippen molar-refractivity contribution in [1.29, 1.82) is 0 Å². The summed E-state index contributed by atoms with van der Waals surface area (Å²) in [7, 11) is 0. The average molecular weight is 296 g/mol. The van der Waals surface area contributed by atoms with Crippen LogP contribution in [0.4, 0.5) is 0 Å². The summed E-state index contributed by atoms with van der Waals surface area (Å²) >= 11 is 6.01. The molecule has 108 valence electrons. The van der Waals surface area contributed by atoms with Gasteiger partial charge < -0.3 is 10.2 Å². The van der Waals surface area contributed by atoms with Crippen LogP contribution in [0, 0.1) is 6.92 Å². The summed E-state index contributed by atoms with van der Waals surface area (Å²) in [5.41, 5.74) is 1.16. The Morgan fingerprint density at radius 1 is 1.55 bits per heavy atom. The first-order valence-electron chi connectivity index (χ1n) is 6.76. The van der Waals surface area contributed by atoms with Gasteiger partial charge in [-0.05, 0) is 25.8 Å². The van der Waals surface area contributed by atoms with Gasteiger partial charge in [0.15, 0.2) is 0 Å². The van der Waals surface area contributed by atoms with Crippen LogP contribution < -0.4 is 5.32 Å². The second kappa shape index (κ2) is 6.70. The molecule has 6 heteroatoms. The van der Waals surface area contributed by atoms with E-state index in [9.17, 15) is 9.59 Å². The van der Waals surface area contributed by atoms with E-state index in [1.165, 1.54) is 6.20 Å². The lowest BCUT2D eigenvalue weighted by molar-refractivity contribution is -0.127. The summed E-state index contributed by atoms with van der Waals surface area (Å²) < 4.78 is 0. The molecule has 0 saturated carbocycles. The Hall–Kier alpha value is -1.62. The molecule has 1 aliphatic heterocycles. The lowest BCUT2D eigenvalue weighted by Gasteiger charge is -2.15. The molecule has 1 N–H and O–H groups in total. The predicted octanol–water partition coefficient (Wildman–Crippen LogP) is 1.79. The number of hydrogen-bond donors (Lipinski definition) is 1. The third kappa shape index (κ3) is 3.70. The minimum absolute atomic E-state index is 0.210. The molecule has 20 heavy (non-hydrogen) atoms. The van der Waals surface area contributed by atoms with Crippen LogP contribution in [0.15, 0.2) is 12.3 Å². The topological polar surface area (TPSA) is 62.3 Å². The molecule has 0 aliphatic carbocycles. The number of hydrogen-bond acceptors (Lipinski definition) is 3. The van der Waals surface area contributed by atoms with Gasteiger partial charge in [0, 0.05) is 37.9 Å². The molecule has 2 amide bonds. The first kappa shape index (κ1) is 14.8. The Labute approximate surface area is 123 Å². The summed E-state index contributed by atoms with van der Waals surface area (Å²) in [6, 6.07) is 1.67. The highest BCUT2D eigenvalue weighted by atomic mass is 35.5. The number of pyridine rings is 1. The molecule has 5 nitrogen and oxygen atoms in total. The Balaban J connectivity index is 1.76. The van der Waals surface area contributed by atoms with Crippen LogP contribution >= 0.6 is 11.6 Å². The number of aryl methyl sites for hydroxylation is 1. The van der Waals surface area contributed by atoms with Gasteiger partial charge in [0.25, 0.3) is 5.91 Å². The predicted molar refractivity (Wildman–Crippen MR) is 76.7 cm³/mol. The van der Waals surface area contributed by atoms with Gasteiger partial charge in [-0.2, -0.15) is 0 Å². The summed E-state index contributed by atoms with van der Waals surface area (Å²) in [5.74, 6) is -0.0163. The maximum atomic E-state index is 11.9. The third-order valence-corrected chi connectivity index (χ3v) is 3.61. The van der Waals surface area contributed by atoms with E-state index < -0.39 is 0 Å². The Morgan fingerprint density at radius 2 is 2.35 bits per heavy atom. The van der Waals surface area contributed by atoms with E-state index in [1.54, 1.807) is 6.07 Å². The minimum atomic E-state index is -0.227. The van der Waals surface area contributed by atoms with Crippen molar-refractivity contribution < 1.29 is 9.59 Å². The van der Waals surface area contributed by atoms with E-state index in [1.807, 2.05) is 11.8 Å². The summed E-state index contributed by atoms with van der Waals surface area (Å²) in [5, 5.41) is 3.20. The van der Waals surface area contributed by atoms with Crippen LogP contribution in [0.5, 0.6) is 0 Å². The maximum absolute atomic E-state index is 11.9. The highest BCUT2D eigenvalue weighted by Crippen LogP contribution is 2.15. The SMILES string of the molecule is Cc1cc(Cl)c(C(=O)NCCCN2CCCC2=O)cn1. The van der Waals surface area contributed by atoms with Gasteiger partial charge in [-0.3, -0.25) is 14.6 Å². The largest absolute Gasteiger partial charge is 0.352 e. The van der Waals surface area contributed by atoms with Crippen molar-refractivity contribution in [2.24, 2.45) is 0 Å². The second-order valence-electron chi connectivity index (χ2n) is 4.90. The number of carbonyl (C=O) groups excluding carboxylic acids is 2. The molecule has 0 unspecified atom stereocenters. The van der Waals surface area contributed by atoms with E-state index in [2.05, 4.69) is 10.3 Å². The molecule has 0 spiro atoms. The van der Waals surface area contributed by atoms with Gasteiger partial charge >= 0.3 is 0 Å². The van der Waals surface area contributed by atoms with E-state index in [0.29, 0.717) is 30.1 Å². The van der Waals surface area contributed by atoms with Gasteiger partial charge in [-0.25, -0.2) is 0 Å². The number of nitrogens with zero attached hydrogens (tertiary/aromatic N) is 2. The van der Waals surface area contributed by atoms with Crippen molar-refractivity contribution in [3.05, 3.63) is 28.5 Å². The van der Waals surface area contributed by atoms with Crippen molar-refractivity contribution in [2.45, 2.75) is 26.2 Å². The molecule has 1 aromatic heterocycles. The van der Waals surface area contributed by atoms with Gasteiger partial charge in [-0.15, -0.1) is 0 Å². The molecular formula is C14H18ClN3O2. The minimum Gasteiger partial charge on any atom is -0.352 e. The smallest absolute Gasteiger partial charge is 0.254 e. The molecule has 1 aromatic rings. The second-order valence-corrected chi connectivity index (χ2v) is 5.31. The standard InChI is InChI=1S/C14H18ClN3O2/c1-10-8-12(15)11(9-17-10)14(20)16-5-3-7-18-6-2-4-13(18)19/h8-9H,2-7H2,1H3,(H,16,20). The van der Waals surface area contributed by atoms with Crippen molar-refractivity contribution in [3.8, 4) is 0 Å². The first-order chi connectivity index (χ1) is 9.58. The van der Waals surface area contributed by atoms with Crippen molar-refractivity contribution in [3.63, 3.8) is 0 Å². The number of nitrogens with one attached hydrogen (secondary N) is 1. The fourth-order valence-corrected chi connectivity index (χ4v) is 2.49. The fourth-order valence-electron chi connectivity index (χ4n) is 2.20. The lowest BCUT2D eigenvalue weighted by atomic mass is 10.2. The molecule has 1 fully saturated rings. The quantitative estimate of drug-likeness (QED) is 0.842. The molecule has 0 atom stereocenters. The molecule has 2 heterocycles. The van der Waals surface area contributed by atoms with E-state index in [0.717, 1.165) is 25.1 Å². The van der Waals surface area contributed by atoms with Crippen LogP contribution in [0.3, 0.4) is 0 Å². The molecule has 0 radical (unpaired) electrons. The monoisotopic (exact) mass is 295 g/mol. The first-order valence-corrected chi connectivity index (χ1v) is 7.14.